The van der Waals surface area contributed by atoms with Crippen LogP contribution in [0.5, 0.6) is 0 Å². The molecule has 0 unspecified atom stereocenters. The van der Waals surface area contributed by atoms with E-state index in [1.165, 1.54) is 38.5 Å². The van der Waals surface area contributed by atoms with Gasteiger partial charge in [-0.15, -0.1) is 0 Å². The van der Waals surface area contributed by atoms with Crippen molar-refractivity contribution in [2.24, 2.45) is 0 Å². The van der Waals surface area contributed by atoms with Crippen LogP contribution >= 0.6 is 0 Å². The minimum atomic E-state index is -0.0150. The first-order valence-electron chi connectivity index (χ1n) is 6.70. The zero-order valence-electron chi connectivity index (χ0n) is 10.2. The van der Waals surface area contributed by atoms with Gasteiger partial charge in [0, 0.05) is 6.42 Å². The van der Waals surface area contributed by atoms with E-state index in [1.807, 2.05) is 0 Å². The second-order valence-corrected chi connectivity index (χ2v) is 4.49. The normalized spacial score (nSPS) is 23.9. The van der Waals surface area contributed by atoms with Crippen LogP contribution in [-0.2, 0) is 9.53 Å². The third-order valence-corrected chi connectivity index (χ3v) is 2.95. The molecule has 0 atom stereocenters. The van der Waals surface area contributed by atoms with Crippen molar-refractivity contribution in [3.05, 3.63) is 12.2 Å². The highest BCUT2D eigenvalue weighted by Gasteiger charge is 2.02. The molecule has 0 aromatic carbocycles. The summed E-state index contributed by atoms with van der Waals surface area (Å²) in [6.45, 7) is 0.586. The largest absolute Gasteiger partial charge is 0.466 e. The van der Waals surface area contributed by atoms with Crippen molar-refractivity contribution in [1.29, 1.82) is 0 Å². The van der Waals surface area contributed by atoms with Crippen LogP contribution in [0.4, 0.5) is 0 Å². The third kappa shape index (κ3) is 7.49. The molecule has 1 aliphatic rings. The Morgan fingerprint density at radius 2 is 1.44 bits per heavy atom. The molecule has 16 heavy (non-hydrogen) atoms. The van der Waals surface area contributed by atoms with Gasteiger partial charge in [0.25, 0.3) is 0 Å². The van der Waals surface area contributed by atoms with Crippen molar-refractivity contribution in [3.8, 4) is 0 Å². The van der Waals surface area contributed by atoms with Crippen molar-refractivity contribution in [2.45, 2.75) is 64.2 Å². The predicted octanol–water partition coefficient (Wildman–Crippen LogP) is 4.00. The van der Waals surface area contributed by atoms with Crippen molar-refractivity contribution in [3.63, 3.8) is 0 Å². The molecule has 0 aliphatic carbocycles. The van der Waals surface area contributed by atoms with Gasteiger partial charge in [-0.25, -0.2) is 0 Å². The van der Waals surface area contributed by atoms with Gasteiger partial charge in [-0.1, -0.05) is 37.8 Å². The van der Waals surface area contributed by atoms with Crippen LogP contribution in [-0.4, -0.2) is 12.6 Å². The minimum Gasteiger partial charge on any atom is -0.466 e. The second kappa shape index (κ2) is 9.44. The number of carbonyl (C=O) groups excluding carboxylic acids is 1. The number of rotatable bonds is 0. The molecule has 1 aliphatic heterocycles. The van der Waals surface area contributed by atoms with E-state index < -0.39 is 0 Å². The SMILES string of the molecule is O=C1CCCCCCCC/C=C/CCCO1. The van der Waals surface area contributed by atoms with Crippen LogP contribution in [0.2, 0.25) is 0 Å². The molecule has 1 rings (SSSR count). The van der Waals surface area contributed by atoms with Crippen LogP contribution in [0.25, 0.3) is 0 Å². The lowest BCUT2D eigenvalue weighted by atomic mass is 10.1. The van der Waals surface area contributed by atoms with Crippen molar-refractivity contribution >= 4 is 5.97 Å². The molecule has 0 spiro atoms. The van der Waals surface area contributed by atoms with Gasteiger partial charge >= 0.3 is 5.97 Å². The van der Waals surface area contributed by atoms with Gasteiger partial charge in [0.1, 0.15) is 0 Å². The van der Waals surface area contributed by atoms with E-state index in [-0.39, 0.29) is 5.97 Å². The lowest BCUT2D eigenvalue weighted by molar-refractivity contribution is -0.143. The molecule has 0 saturated carbocycles. The van der Waals surface area contributed by atoms with Crippen molar-refractivity contribution < 1.29 is 9.53 Å². The maximum Gasteiger partial charge on any atom is 0.305 e. The van der Waals surface area contributed by atoms with Crippen LogP contribution < -0.4 is 0 Å². The Morgan fingerprint density at radius 3 is 2.25 bits per heavy atom. The molecule has 2 nitrogen and oxygen atoms in total. The minimum absolute atomic E-state index is 0.0150. The van der Waals surface area contributed by atoms with E-state index in [2.05, 4.69) is 12.2 Å². The van der Waals surface area contributed by atoms with Gasteiger partial charge in [0.05, 0.1) is 6.61 Å². The standard InChI is InChI=1S/C14H24O2/c15-14-12-10-8-6-4-2-1-3-5-7-9-11-13-16-14/h5,7H,1-4,6,8-13H2/b7-5+. The highest BCUT2D eigenvalue weighted by Crippen LogP contribution is 2.10. The summed E-state index contributed by atoms with van der Waals surface area (Å²) in [5.74, 6) is -0.0150. The lowest BCUT2D eigenvalue weighted by Crippen LogP contribution is -2.05. The summed E-state index contributed by atoms with van der Waals surface area (Å²) >= 11 is 0. The summed E-state index contributed by atoms with van der Waals surface area (Å²) < 4.78 is 5.15. The molecule has 1 heterocycles. The molecule has 0 fully saturated rings. The van der Waals surface area contributed by atoms with Crippen molar-refractivity contribution in [1.82, 2.24) is 0 Å². The second-order valence-electron chi connectivity index (χ2n) is 4.49. The topological polar surface area (TPSA) is 26.3 Å². The number of carbonyl (C=O) groups is 1. The highest BCUT2D eigenvalue weighted by molar-refractivity contribution is 5.69. The average Bonchev–Trinajstić information content (AvgIpc) is 2.29. The number of cyclic esters (lactones) is 1. The van der Waals surface area contributed by atoms with Crippen LogP contribution in [0.1, 0.15) is 64.2 Å². The Morgan fingerprint density at radius 1 is 0.812 bits per heavy atom. The zero-order chi connectivity index (χ0) is 11.5. The summed E-state index contributed by atoms with van der Waals surface area (Å²) in [6, 6.07) is 0. The van der Waals surface area contributed by atoms with E-state index in [9.17, 15) is 4.79 Å². The maximum absolute atomic E-state index is 11.3. The van der Waals surface area contributed by atoms with Gasteiger partial charge in [0.15, 0.2) is 0 Å². The number of allylic oxidation sites excluding steroid dienone is 2. The van der Waals surface area contributed by atoms with E-state index >= 15 is 0 Å². The summed E-state index contributed by atoms with van der Waals surface area (Å²) in [5, 5.41) is 0. The van der Waals surface area contributed by atoms with Crippen molar-refractivity contribution in [2.75, 3.05) is 6.61 Å². The fourth-order valence-corrected chi connectivity index (χ4v) is 1.93. The smallest absolute Gasteiger partial charge is 0.305 e. The van der Waals surface area contributed by atoms with E-state index in [0.29, 0.717) is 13.0 Å². The maximum atomic E-state index is 11.3. The molecular weight excluding hydrogens is 200 g/mol. The molecule has 0 saturated heterocycles. The monoisotopic (exact) mass is 224 g/mol. The Hall–Kier alpha value is -0.790. The Labute approximate surface area is 99.1 Å². The first-order chi connectivity index (χ1) is 7.89. The Kier molecular flexibility index (Phi) is 7.83. The van der Waals surface area contributed by atoms with E-state index in [0.717, 1.165) is 19.3 Å². The molecular formula is C14H24O2. The molecule has 0 N–H and O–H groups in total. The predicted molar refractivity (Wildman–Crippen MR) is 66.3 cm³/mol. The Balaban J connectivity index is 2.20. The molecule has 92 valence electrons. The molecule has 0 aromatic rings. The first-order valence-corrected chi connectivity index (χ1v) is 6.70. The van der Waals surface area contributed by atoms with Crippen LogP contribution in [0, 0.1) is 0 Å². The van der Waals surface area contributed by atoms with Gasteiger partial charge < -0.3 is 4.74 Å². The fourth-order valence-electron chi connectivity index (χ4n) is 1.93. The highest BCUT2D eigenvalue weighted by atomic mass is 16.5. The molecule has 2 heteroatoms. The number of hydrogen-bond acceptors (Lipinski definition) is 2. The van der Waals surface area contributed by atoms with Gasteiger partial charge in [-0.3, -0.25) is 4.79 Å². The number of esters is 1. The first kappa shape index (κ1) is 13.3. The summed E-state index contributed by atoms with van der Waals surface area (Å²) in [6.07, 6.45) is 15.7. The summed E-state index contributed by atoms with van der Waals surface area (Å²) in [5.41, 5.74) is 0. The van der Waals surface area contributed by atoms with E-state index in [1.54, 1.807) is 0 Å². The molecule has 0 bridgehead atoms. The summed E-state index contributed by atoms with van der Waals surface area (Å²) in [4.78, 5) is 11.3. The molecule has 0 radical (unpaired) electrons. The molecule has 0 amide bonds. The number of ether oxygens (including phenoxy) is 1. The van der Waals surface area contributed by atoms with E-state index in [4.69, 9.17) is 4.74 Å². The fraction of sp³-hybridized carbons (Fsp3) is 0.786. The Bertz CT molecular complexity index is 209. The van der Waals surface area contributed by atoms with Crippen LogP contribution in [0.3, 0.4) is 0 Å². The summed E-state index contributed by atoms with van der Waals surface area (Å²) in [7, 11) is 0. The van der Waals surface area contributed by atoms with Gasteiger partial charge in [0.2, 0.25) is 0 Å². The van der Waals surface area contributed by atoms with Gasteiger partial charge in [-0.2, -0.15) is 0 Å². The zero-order valence-corrected chi connectivity index (χ0v) is 10.2. The third-order valence-electron chi connectivity index (χ3n) is 2.95. The number of hydrogen-bond donors (Lipinski definition) is 0. The molecule has 0 aromatic heterocycles. The quantitative estimate of drug-likeness (QED) is 0.459. The van der Waals surface area contributed by atoms with Crippen LogP contribution in [0.15, 0.2) is 12.2 Å². The average molecular weight is 224 g/mol. The van der Waals surface area contributed by atoms with Gasteiger partial charge in [-0.05, 0) is 32.1 Å². The lowest BCUT2D eigenvalue weighted by Gasteiger charge is -2.03.